The monoisotopic (exact) mass is 498 g/mol. The molecule has 0 spiro atoms. The van der Waals surface area contributed by atoms with Crippen molar-refractivity contribution in [3.63, 3.8) is 0 Å². The fraction of sp³-hybridized carbons (Fsp3) is 0.227. The van der Waals surface area contributed by atoms with Crippen molar-refractivity contribution in [1.29, 1.82) is 0 Å². The van der Waals surface area contributed by atoms with Gasteiger partial charge in [-0.25, -0.2) is 19.3 Å². The van der Waals surface area contributed by atoms with E-state index in [1.165, 1.54) is 14.2 Å². The highest BCUT2D eigenvalue weighted by molar-refractivity contribution is 7.59. The second kappa shape index (κ2) is 9.25. The lowest BCUT2D eigenvalue weighted by atomic mass is 10.1. The number of pyridine rings is 1. The van der Waals surface area contributed by atoms with Crippen LogP contribution in [-0.4, -0.2) is 48.9 Å². The average Bonchev–Trinajstić information content (AvgIpc) is 3.42. The predicted molar refractivity (Wildman–Crippen MR) is 134 cm³/mol. The molecule has 0 saturated heterocycles. The summed E-state index contributed by atoms with van der Waals surface area (Å²) in [6.07, 6.45) is 4.97. The van der Waals surface area contributed by atoms with Crippen LogP contribution >= 0.6 is 13.5 Å². The van der Waals surface area contributed by atoms with Gasteiger partial charge in [-0.2, -0.15) is 18.6 Å². The number of H-pyrrole nitrogens is 2. The van der Waals surface area contributed by atoms with Gasteiger partial charge < -0.3 is 24.8 Å². The van der Waals surface area contributed by atoms with Crippen molar-refractivity contribution >= 4 is 41.2 Å². The van der Waals surface area contributed by atoms with E-state index in [0.717, 1.165) is 0 Å². The Labute approximate surface area is 205 Å². The Hall–Kier alpha value is -4.13. The number of methoxy groups -OCH3 is 2. The molecule has 11 nitrogen and oxygen atoms in total. The van der Waals surface area contributed by atoms with Gasteiger partial charge in [0.05, 0.1) is 37.0 Å². The van der Waals surface area contributed by atoms with E-state index < -0.39 is 11.4 Å². The minimum atomic E-state index is -0.699. The first-order chi connectivity index (χ1) is 16.4. The number of halogens is 1. The number of anilines is 1. The number of hydrogen-bond acceptors (Lipinski definition) is 8. The molecule has 0 unspecified atom stereocenters. The number of imidazole rings is 1. The van der Waals surface area contributed by atoms with E-state index in [-0.39, 0.29) is 47.9 Å². The Bertz CT molecular complexity index is 1580. The van der Waals surface area contributed by atoms with Crippen LogP contribution in [0.25, 0.3) is 33.5 Å². The first-order valence-corrected chi connectivity index (χ1v) is 10.3. The molecule has 0 aliphatic rings. The maximum Gasteiger partial charge on any atom is 0.261 e. The molecule has 182 valence electrons. The molecule has 0 radical (unpaired) electrons. The van der Waals surface area contributed by atoms with E-state index in [0.29, 0.717) is 28.1 Å². The number of hydrogen-bond donors (Lipinski definition) is 3. The topological polar surface area (TPSA) is 136 Å². The third-order valence-corrected chi connectivity index (χ3v) is 5.42. The number of nitrogens with zero attached hydrogens (tertiary/aromatic N) is 5. The van der Waals surface area contributed by atoms with Crippen LogP contribution in [0.15, 0.2) is 35.5 Å². The van der Waals surface area contributed by atoms with Crippen LogP contribution in [0.5, 0.6) is 11.5 Å². The number of aryl methyl sites for hydroxylation is 1. The van der Waals surface area contributed by atoms with Crippen molar-refractivity contribution in [2.24, 2.45) is 7.05 Å². The zero-order valence-corrected chi connectivity index (χ0v) is 20.3. The molecule has 1 aromatic carbocycles. The average molecular weight is 499 g/mol. The molecule has 0 amide bonds. The summed E-state index contributed by atoms with van der Waals surface area (Å²) in [5.74, 6) is 0.111. The molecular formula is C22H23FN8O3S. The third kappa shape index (κ3) is 4.03. The molecule has 35 heavy (non-hydrogen) atoms. The number of benzene rings is 1. The van der Waals surface area contributed by atoms with Gasteiger partial charge >= 0.3 is 0 Å². The molecule has 0 fully saturated rings. The van der Waals surface area contributed by atoms with Crippen LogP contribution in [0.1, 0.15) is 18.8 Å². The van der Waals surface area contributed by atoms with Gasteiger partial charge in [-0.05, 0) is 13.0 Å². The van der Waals surface area contributed by atoms with Gasteiger partial charge in [0.2, 0.25) is 0 Å². The lowest BCUT2D eigenvalue weighted by molar-refractivity contribution is 0.339. The van der Waals surface area contributed by atoms with Crippen LogP contribution in [0, 0.1) is 5.82 Å². The summed E-state index contributed by atoms with van der Waals surface area (Å²) >= 11 is 0. The summed E-state index contributed by atoms with van der Waals surface area (Å²) in [5, 5.41) is 7.80. The summed E-state index contributed by atoms with van der Waals surface area (Å²) in [6, 6.07) is 2.92. The fourth-order valence-electron chi connectivity index (χ4n) is 3.89. The number of ether oxygens (including phenoxy) is 2. The Morgan fingerprint density at radius 3 is 2.54 bits per heavy atom. The number of aromatic nitrogens is 7. The van der Waals surface area contributed by atoms with E-state index in [1.807, 2.05) is 6.92 Å². The van der Waals surface area contributed by atoms with Gasteiger partial charge in [0.1, 0.15) is 28.2 Å². The summed E-state index contributed by atoms with van der Waals surface area (Å²) in [5.41, 5.74) is 1.55. The number of nitrogens with one attached hydrogen (secondary N) is 3. The van der Waals surface area contributed by atoms with Gasteiger partial charge in [-0.3, -0.25) is 9.48 Å². The highest BCUT2D eigenvalue weighted by Crippen LogP contribution is 2.37. The van der Waals surface area contributed by atoms with Crippen molar-refractivity contribution in [3.8, 4) is 22.9 Å². The minimum Gasteiger partial charge on any atom is -0.493 e. The predicted octanol–water partition coefficient (Wildman–Crippen LogP) is 3.04. The van der Waals surface area contributed by atoms with Crippen molar-refractivity contribution < 1.29 is 13.9 Å². The van der Waals surface area contributed by atoms with Gasteiger partial charge in [0, 0.05) is 31.7 Å². The van der Waals surface area contributed by atoms with E-state index in [4.69, 9.17) is 9.47 Å². The molecule has 0 saturated carbocycles. The number of aromatic amines is 2. The molecule has 1 atom stereocenters. The molecule has 0 aliphatic carbocycles. The van der Waals surface area contributed by atoms with Gasteiger partial charge in [-0.1, -0.05) is 0 Å². The van der Waals surface area contributed by atoms with Crippen LogP contribution in [-0.2, 0) is 7.05 Å². The van der Waals surface area contributed by atoms with E-state index in [2.05, 4.69) is 35.3 Å². The summed E-state index contributed by atoms with van der Waals surface area (Å²) < 4.78 is 27.1. The standard InChI is InChI=1S/C22H21FN8O3.H2S/c1-10(20-24-6-5-7-25-20)26-18-14(22(32)28-12-9-31(2)30-17(12)18)21-27-11-8-13(33-3)19(34-4)15(23)16(11)29-21;/h5-10,26H,1-4H3,(H,27,29)(H,28,32);1H2/t10-;/m0./s1. The Morgan fingerprint density at radius 2 is 1.86 bits per heavy atom. The van der Waals surface area contributed by atoms with Crippen molar-refractivity contribution in [1.82, 2.24) is 34.7 Å². The smallest absolute Gasteiger partial charge is 0.261 e. The molecule has 13 heteroatoms. The van der Waals surface area contributed by atoms with Gasteiger partial charge in [-0.15, -0.1) is 0 Å². The van der Waals surface area contributed by atoms with Crippen molar-refractivity contribution in [3.05, 3.63) is 52.7 Å². The van der Waals surface area contributed by atoms with Crippen LogP contribution < -0.4 is 20.3 Å². The van der Waals surface area contributed by atoms with Gasteiger partial charge in [0.25, 0.3) is 5.56 Å². The zero-order valence-electron chi connectivity index (χ0n) is 19.3. The van der Waals surface area contributed by atoms with Crippen LogP contribution in [0.2, 0.25) is 0 Å². The molecule has 0 bridgehead atoms. The number of rotatable bonds is 6. The van der Waals surface area contributed by atoms with Crippen molar-refractivity contribution in [2.75, 3.05) is 19.5 Å². The molecular weight excluding hydrogens is 475 g/mol. The van der Waals surface area contributed by atoms with E-state index >= 15 is 4.39 Å². The normalized spacial score (nSPS) is 11.9. The largest absolute Gasteiger partial charge is 0.493 e. The first kappa shape index (κ1) is 24.0. The van der Waals surface area contributed by atoms with E-state index in [1.54, 1.807) is 42.5 Å². The Morgan fingerprint density at radius 1 is 1.11 bits per heavy atom. The maximum atomic E-state index is 15.1. The fourth-order valence-corrected chi connectivity index (χ4v) is 3.89. The van der Waals surface area contributed by atoms with Crippen LogP contribution in [0.3, 0.4) is 0 Å². The SMILES string of the molecule is COc1cc2[nH]c(-c3c(N[C@@H](C)c4ncccn4)c4nn(C)cc4[nH]c3=O)nc2c(F)c1OC.S. The molecule has 4 aromatic heterocycles. The minimum absolute atomic E-state index is 0. The van der Waals surface area contributed by atoms with E-state index in [9.17, 15) is 4.79 Å². The summed E-state index contributed by atoms with van der Waals surface area (Å²) in [4.78, 5) is 32.0. The molecule has 3 N–H and O–H groups in total. The second-order valence-corrected chi connectivity index (χ2v) is 7.65. The highest BCUT2D eigenvalue weighted by Gasteiger charge is 2.24. The first-order valence-electron chi connectivity index (χ1n) is 10.3. The van der Waals surface area contributed by atoms with Crippen LogP contribution in [0.4, 0.5) is 10.1 Å². The quantitative estimate of drug-likeness (QED) is 0.325. The molecule has 4 heterocycles. The lowest BCUT2D eigenvalue weighted by Gasteiger charge is -2.16. The van der Waals surface area contributed by atoms with Crippen molar-refractivity contribution in [2.45, 2.75) is 13.0 Å². The number of fused-ring (bicyclic) bond motifs is 2. The molecule has 5 rings (SSSR count). The highest BCUT2D eigenvalue weighted by atomic mass is 32.1. The molecule has 0 aliphatic heterocycles. The zero-order chi connectivity index (χ0) is 24.0. The lowest BCUT2D eigenvalue weighted by Crippen LogP contribution is -2.17. The molecule has 5 aromatic rings. The summed E-state index contributed by atoms with van der Waals surface area (Å²) in [6.45, 7) is 1.86. The second-order valence-electron chi connectivity index (χ2n) is 7.65. The third-order valence-electron chi connectivity index (χ3n) is 5.42. The Kier molecular flexibility index (Phi) is 6.35. The summed E-state index contributed by atoms with van der Waals surface area (Å²) in [7, 11) is 4.50. The Balaban J connectivity index is 0.00000289. The maximum absolute atomic E-state index is 15.1. The van der Waals surface area contributed by atoms with Gasteiger partial charge in [0.15, 0.2) is 17.3 Å².